The Labute approximate surface area is 169 Å². The maximum absolute atomic E-state index is 13.3. The molecule has 0 aliphatic carbocycles. The summed E-state index contributed by atoms with van der Waals surface area (Å²) >= 11 is 0. The van der Waals surface area contributed by atoms with Crippen molar-refractivity contribution in [2.75, 3.05) is 5.32 Å². The highest BCUT2D eigenvalue weighted by atomic mass is 19.1. The Kier molecular flexibility index (Phi) is 4.81. The maximum Gasteiger partial charge on any atom is 0.298 e. The van der Waals surface area contributed by atoms with Crippen LogP contribution in [-0.4, -0.2) is 21.0 Å². The van der Waals surface area contributed by atoms with Gasteiger partial charge in [-0.3, -0.25) is 19.7 Å². The topological polar surface area (TPSA) is 93.7 Å². The van der Waals surface area contributed by atoms with Crippen LogP contribution in [-0.2, 0) is 4.79 Å². The van der Waals surface area contributed by atoms with Gasteiger partial charge >= 0.3 is 0 Å². The summed E-state index contributed by atoms with van der Waals surface area (Å²) in [5.41, 5.74) is 1.77. The van der Waals surface area contributed by atoms with Crippen molar-refractivity contribution in [1.29, 1.82) is 0 Å². The average Bonchev–Trinajstić information content (AvgIpc) is 3.13. The van der Waals surface area contributed by atoms with Crippen LogP contribution in [0.2, 0.25) is 0 Å². The summed E-state index contributed by atoms with van der Waals surface area (Å²) in [6.07, 6.45) is 1.65. The first-order chi connectivity index (χ1) is 14.4. The maximum atomic E-state index is 13.3. The third-order valence-electron chi connectivity index (χ3n) is 4.57. The van der Waals surface area contributed by atoms with Gasteiger partial charge in [0.25, 0.3) is 17.4 Å². The van der Waals surface area contributed by atoms with Gasteiger partial charge in [-0.25, -0.2) is 4.39 Å². The smallest absolute Gasteiger partial charge is 0.298 e. The number of hydrogen-bond acceptors (Lipinski definition) is 4. The second-order valence-corrected chi connectivity index (χ2v) is 6.50. The van der Waals surface area contributed by atoms with Crippen LogP contribution in [0, 0.1) is 15.9 Å². The number of rotatable bonds is 5. The van der Waals surface area contributed by atoms with E-state index in [-0.39, 0.29) is 17.1 Å². The van der Waals surface area contributed by atoms with Gasteiger partial charge in [-0.15, -0.1) is 0 Å². The number of pyridine rings is 1. The Morgan fingerprint density at radius 1 is 0.967 bits per heavy atom. The number of nitro benzene ring substituents is 1. The van der Waals surface area contributed by atoms with E-state index in [1.54, 1.807) is 34.9 Å². The van der Waals surface area contributed by atoms with Crippen LogP contribution in [0.1, 0.15) is 10.5 Å². The highest BCUT2D eigenvalue weighted by Crippen LogP contribution is 2.29. The molecule has 2 heterocycles. The molecule has 0 aliphatic rings. The first-order valence-corrected chi connectivity index (χ1v) is 8.90. The molecule has 0 saturated heterocycles. The lowest BCUT2D eigenvalue weighted by Gasteiger charge is -2.08. The molecule has 148 valence electrons. The van der Waals surface area contributed by atoms with Crippen molar-refractivity contribution in [2.45, 2.75) is 0 Å². The van der Waals surface area contributed by atoms with Crippen LogP contribution in [0.25, 0.3) is 16.6 Å². The molecule has 2 aromatic carbocycles. The van der Waals surface area contributed by atoms with Crippen molar-refractivity contribution in [1.82, 2.24) is 4.40 Å². The molecule has 4 aromatic rings. The molecular weight excluding hydrogens is 389 g/mol. The molecule has 0 aliphatic heterocycles. The summed E-state index contributed by atoms with van der Waals surface area (Å²) in [6.45, 7) is 0. The number of halogens is 1. The zero-order chi connectivity index (χ0) is 21.3. The molecule has 0 fully saturated rings. The van der Waals surface area contributed by atoms with E-state index >= 15 is 0 Å². The normalized spacial score (nSPS) is 10.7. The highest BCUT2D eigenvalue weighted by Gasteiger charge is 2.25. The molecule has 1 N–H and O–H groups in total. The fourth-order valence-corrected chi connectivity index (χ4v) is 3.20. The van der Waals surface area contributed by atoms with Crippen molar-refractivity contribution in [3.63, 3.8) is 0 Å². The van der Waals surface area contributed by atoms with Gasteiger partial charge in [-0.1, -0.05) is 24.3 Å². The van der Waals surface area contributed by atoms with E-state index in [4.69, 9.17) is 0 Å². The van der Waals surface area contributed by atoms with Crippen molar-refractivity contribution < 1.29 is 18.9 Å². The number of hydrogen-bond donors (Lipinski definition) is 1. The Hall–Kier alpha value is -4.33. The van der Waals surface area contributed by atoms with E-state index in [9.17, 15) is 24.1 Å². The van der Waals surface area contributed by atoms with Gasteiger partial charge in [0, 0.05) is 35.1 Å². The number of carbonyl (C=O) groups excluding carboxylic acids is 2. The molecule has 0 saturated carbocycles. The number of nitro groups is 1. The fraction of sp³-hybridized carbons (Fsp3) is 0. The number of amides is 1. The van der Waals surface area contributed by atoms with E-state index in [1.165, 1.54) is 48.5 Å². The summed E-state index contributed by atoms with van der Waals surface area (Å²) in [7, 11) is 0. The summed E-state index contributed by atoms with van der Waals surface area (Å²) in [4.78, 5) is 36.1. The molecule has 4 rings (SSSR count). The van der Waals surface area contributed by atoms with Crippen LogP contribution >= 0.6 is 0 Å². The predicted octanol–water partition coefficient (Wildman–Crippen LogP) is 4.48. The zero-order valence-electron chi connectivity index (χ0n) is 15.4. The molecule has 2 aromatic heterocycles. The first kappa shape index (κ1) is 19.0. The third-order valence-corrected chi connectivity index (χ3v) is 4.57. The van der Waals surface area contributed by atoms with Crippen molar-refractivity contribution >= 4 is 28.6 Å². The number of ketones is 1. The molecule has 8 heteroatoms. The van der Waals surface area contributed by atoms with Crippen molar-refractivity contribution in [3.8, 4) is 11.1 Å². The lowest BCUT2D eigenvalue weighted by molar-refractivity contribution is -0.384. The Bertz CT molecular complexity index is 1300. The van der Waals surface area contributed by atoms with Crippen LogP contribution in [0.15, 0.2) is 79.0 Å². The quantitative estimate of drug-likeness (QED) is 0.230. The minimum atomic E-state index is -0.942. The van der Waals surface area contributed by atoms with Crippen molar-refractivity contribution in [3.05, 3.63) is 101 Å². The summed E-state index contributed by atoms with van der Waals surface area (Å²) in [5.74, 6) is -2.19. The Balaban J connectivity index is 1.74. The second kappa shape index (κ2) is 7.59. The summed E-state index contributed by atoms with van der Waals surface area (Å²) in [6, 6.07) is 17.9. The summed E-state index contributed by atoms with van der Waals surface area (Å²) in [5, 5.41) is 13.3. The number of nitrogens with one attached hydrogen (secondary N) is 1. The van der Waals surface area contributed by atoms with Gasteiger partial charge in [-0.05, 0) is 42.0 Å². The van der Waals surface area contributed by atoms with Gasteiger partial charge in [0.2, 0.25) is 0 Å². The first-order valence-electron chi connectivity index (χ1n) is 8.90. The second-order valence-electron chi connectivity index (χ2n) is 6.50. The van der Waals surface area contributed by atoms with E-state index in [0.717, 1.165) is 0 Å². The minimum absolute atomic E-state index is 0.111. The number of aromatic nitrogens is 1. The zero-order valence-corrected chi connectivity index (χ0v) is 15.4. The minimum Gasteiger partial charge on any atom is -0.319 e. The van der Waals surface area contributed by atoms with Gasteiger partial charge in [-0.2, -0.15) is 0 Å². The number of fused-ring (bicyclic) bond motifs is 1. The molecule has 0 bridgehead atoms. The number of nitrogens with zero attached hydrogens (tertiary/aromatic N) is 2. The van der Waals surface area contributed by atoms with Gasteiger partial charge in [0.15, 0.2) is 0 Å². The van der Waals surface area contributed by atoms with Gasteiger partial charge < -0.3 is 9.72 Å². The number of Topliss-reactive ketones (excluding diaryl/α,β-unsaturated/α-hetero) is 1. The molecule has 7 nitrogen and oxygen atoms in total. The fourth-order valence-electron chi connectivity index (χ4n) is 3.20. The SMILES string of the molecule is O=C(Nc1cccc([N+](=O)[O-])c1)C(=O)c1c(-c2ccc(F)cc2)cc2ccccn12. The standard InChI is InChI=1S/C22H14FN3O4/c23-15-9-7-14(8-10-15)19-13-17-5-1-2-11-25(17)20(19)21(27)22(28)24-16-4-3-6-18(12-16)26(29)30/h1-13H,(H,24,28). The molecule has 1 amide bonds. The molecule has 0 radical (unpaired) electrons. The molecule has 30 heavy (non-hydrogen) atoms. The van der Waals surface area contributed by atoms with E-state index in [2.05, 4.69) is 5.32 Å². The third kappa shape index (κ3) is 3.53. The number of benzene rings is 2. The molecule has 0 atom stereocenters. The van der Waals surface area contributed by atoms with E-state index < -0.39 is 22.4 Å². The van der Waals surface area contributed by atoms with Crippen LogP contribution in [0.5, 0.6) is 0 Å². The largest absolute Gasteiger partial charge is 0.319 e. The van der Waals surface area contributed by atoms with E-state index in [0.29, 0.717) is 16.6 Å². The van der Waals surface area contributed by atoms with Gasteiger partial charge in [0.05, 0.1) is 4.92 Å². The van der Waals surface area contributed by atoms with Gasteiger partial charge in [0.1, 0.15) is 11.5 Å². The molecule has 0 unspecified atom stereocenters. The monoisotopic (exact) mass is 403 g/mol. The molecular formula is C22H14FN3O4. The number of anilines is 1. The number of carbonyl (C=O) groups is 2. The lowest BCUT2D eigenvalue weighted by atomic mass is 10.0. The van der Waals surface area contributed by atoms with Crippen LogP contribution in [0.4, 0.5) is 15.8 Å². The lowest BCUT2D eigenvalue weighted by Crippen LogP contribution is -2.24. The molecule has 0 spiro atoms. The average molecular weight is 403 g/mol. The Morgan fingerprint density at radius 3 is 2.47 bits per heavy atom. The van der Waals surface area contributed by atoms with Crippen LogP contribution in [0.3, 0.4) is 0 Å². The van der Waals surface area contributed by atoms with Crippen LogP contribution < -0.4 is 5.32 Å². The van der Waals surface area contributed by atoms with Crippen molar-refractivity contribution in [2.24, 2.45) is 0 Å². The Morgan fingerprint density at radius 2 is 1.73 bits per heavy atom. The van der Waals surface area contributed by atoms with E-state index in [1.807, 2.05) is 0 Å². The highest BCUT2D eigenvalue weighted by molar-refractivity contribution is 6.47. The number of non-ortho nitro benzene ring substituents is 1. The predicted molar refractivity (Wildman–Crippen MR) is 109 cm³/mol. The summed E-state index contributed by atoms with van der Waals surface area (Å²) < 4.78 is 14.9.